The van der Waals surface area contributed by atoms with Crippen molar-refractivity contribution in [1.82, 2.24) is 10.2 Å². The van der Waals surface area contributed by atoms with Gasteiger partial charge in [0.1, 0.15) is 12.1 Å². The Balaban J connectivity index is 1.56. The number of carbonyl (C=O) groups excluding carboxylic acids is 3. The summed E-state index contributed by atoms with van der Waals surface area (Å²) in [6, 6.07) is 14.5. The molecule has 2 aliphatic rings. The minimum Gasteiger partial charge on any atom is -0.324 e. The molecule has 0 aromatic heterocycles. The number of hydrogen-bond donors (Lipinski definition) is 2. The Hall–Kier alpha value is -2.42. The van der Waals surface area contributed by atoms with Crippen LogP contribution in [-0.2, 0) is 21.5 Å². The number of benzene rings is 2. The van der Waals surface area contributed by atoms with Crippen LogP contribution in [0.15, 0.2) is 48.5 Å². The van der Waals surface area contributed by atoms with E-state index in [-0.39, 0.29) is 12.5 Å². The number of nitrogens with one attached hydrogen (secondary N) is 2. The maximum Gasteiger partial charge on any atom is 0.325 e. The van der Waals surface area contributed by atoms with Crippen LogP contribution in [0.2, 0.25) is 0 Å². The number of anilines is 1. The first kappa shape index (κ1) is 18.0. The summed E-state index contributed by atoms with van der Waals surface area (Å²) in [4.78, 5) is 39.2. The molecule has 0 unspecified atom stereocenters. The van der Waals surface area contributed by atoms with Gasteiger partial charge in [-0.25, -0.2) is 4.79 Å². The molecule has 4 amide bonds. The summed E-state index contributed by atoms with van der Waals surface area (Å²) in [6.07, 6.45) is 2.24. The van der Waals surface area contributed by atoms with Gasteiger partial charge >= 0.3 is 6.03 Å². The summed E-state index contributed by atoms with van der Waals surface area (Å²) < 4.78 is 0.887. The van der Waals surface area contributed by atoms with Crippen molar-refractivity contribution in [2.24, 2.45) is 0 Å². The van der Waals surface area contributed by atoms with Crippen LogP contribution < -0.4 is 10.6 Å². The predicted octanol–water partition coefficient (Wildman–Crippen LogP) is 3.01. The van der Waals surface area contributed by atoms with Gasteiger partial charge in [0.15, 0.2) is 0 Å². The number of halogens is 1. The topological polar surface area (TPSA) is 78.5 Å². The molecule has 1 fully saturated rings. The first-order valence-corrected chi connectivity index (χ1v) is 9.86. The Morgan fingerprint density at radius 1 is 1.15 bits per heavy atom. The Labute approximate surface area is 170 Å². The standard InChI is InChI=1S/C20H18IN3O3/c21-15-9-3-4-10-16(15)22-17(25)12-24-18(26)20(23-19(24)27)11-5-7-13-6-1-2-8-14(13)20/h1-4,6,8-10H,5,7,11-12H2,(H,22,25)(H,23,27)/t20-/m1/s1. The highest BCUT2D eigenvalue weighted by atomic mass is 127. The largest absolute Gasteiger partial charge is 0.325 e. The summed E-state index contributed by atoms with van der Waals surface area (Å²) in [5, 5.41) is 5.63. The van der Waals surface area contributed by atoms with Crippen LogP contribution in [0.4, 0.5) is 10.5 Å². The molecule has 6 nitrogen and oxygen atoms in total. The first-order valence-electron chi connectivity index (χ1n) is 8.78. The smallest absolute Gasteiger partial charge is 0.324 e. The van der Waals surface area contributed by atoms with Gasteiger partial charge in [0.2, 0.25) is 5.91 Å². The molecule has 138 valence electrons. The normalized spacial score (nSPS) is 21.1. The van der Waals surface area contributed by atoms with Crippen LogP contribution in [-0.4, -0.2) is 29.3 Å². The van der Waals surface area contributed by atoms with Crippen molar-refractivity contribution in [3.8, 4) is 0 Å². The van der Waals surface area contributed by atoms with Crippen LogP contribution in [0.1, 0.15) is 24.0 Å². The fraction of sp³-hybridized carbons (Fsp3) is 0.250. The summed E-state index contributed by atoms with van der Waals surface area (Å²) in [5.74, 6) is -0.749. The molecular formula is C20H18IN3O3. The molecule has 1 spiro atoms. The number of fused-ring (bicyclic) bond motifs is 2. The minimum atomic E-state index is -1.05. The van der Waals surface area contributed by atoms with E-state index in [1.165, 1.54) is 0 Å². The van der Waals surface area contributed by atoms with E-state index in [0.717, 1.165) is 32.4 Å². The molecule has 1 aliphatic carbocycles. The fourth-order valence-corrected chi connectivity index (χ4v) is 4.37. The molecule has 0 saturated carbocycles. The summed E-state index contributed by atoms with van der Waals surface area (Å²) in [7, 11) is 0. The molecule has 1 atom stereocenters. The maximum atomic E-state index is 13.2. The molecule has 27 heavy (non-hydrogen) atoms. The molecule has 1 heterocycles. The highest BCUT2D eigenvalue weighted by Crippen LogP contribution is 2.39. The third kappa shape index (κ3) is 3.09. The second-order valence-electron chi connectivity index (χ2n) is 6.77. The van der Waals surface area contributed by atoms with Crippen molar-refractivity contribution < 1.29 is 14.4 Å². The lowest BCUT2D eigenvalue weighted by Gasteiger charge is -2.33. The number of amides is 4. The van der Waals surface area contributed by atoms with Crippen LogP contribution in [0.25, 0.3) is 0 Å². The van der Waals surface area contributed by atoms with Crippen LogP contribution in [0.3, 0.4) is 0 Å². The number of para-hydroxylation sites is 1. The molecule has 1 aliphatic heterocycles. The molecule has 7 heteroatoms. The van der Waals surface area contributed by atoms with Gasteiger partial charge in [-0.1, -0.05) is 36.4 Å². The minimum absolute atomic E-state index is 0.306. The van der Waals surface area contributed by atoms with E-state index in [4.69, 9.17) is 0 Å². The zero-order chi connectivity index (χ0) is 19.0. The van der Waals surface area contributed by atoms with E-state index in [2.05, 4.69) is 33.2 Å². The second-order valence-corrected chi connectivity index (χ2v) is 7.93. The van der Waals surface area contributed by atoms with Gasteiger partial charge in [0.05, 0.1) is 5.69 Å². The van der Waals surface area contributed by atoms with Crippen molar-refractivity contribution in [3.05, 3.63) is 63.2 Å². The van der Waals surface area contributed by atoms with E-state index < -0.39 is 17.5 Å². The monoisotopic (exact) mass is 475 g/mol. The highest BCUT2D eigenvalue weighted by Gasteiger charge is 2.54. The van der Waals surface area contributed by atoms with Crippen molar-refractivity contribution in [1.29, 1.82) is 0 Å². The van der Waals surface area contributed by atoms with E-state index in [1.54, 1.807) is 6.07 Å². The molecule has 2 N–H and O–H groups in total. The number of nitrogens with zero attached hydrogens (tertiary/aromatic N) is 1. The third-order valence-corrected chi connectivity index (χ3v) is 6.04. The molecule has 2 aromatic rings. The van der Waals surface area contributed by atoms with Gasteiger partial charge in [0, 0.05) is 3.57 Å². The third-order valence-electron chi connectivity index (χ3n) is 5.10. The van der Waals surface area contributed by atoms with Crippen molar-refractivity contribution in [3.63, 3.8) is 0 Å². The van der Waals surface area contributed by atoms with Crippen molar-refractivity contribution >= 4 is 46.1 Å². The molecule has 0 bridgehead atoms. The van der Waals surface area contributed by atoms with E-state index in [9.17, 15) is 14.4 Å². The van der Waals surface area contributed by atoms with Gasteiger partial charge < -0.3 is 10.6 Å². The summed E-state index contributed by atoms with van der Waals surface area (Å²) in [5.41, 5.74) is 1.53. The average molecular weight is 475 g/mol. The maximum absolute atomic E-state index is 13.2. The SMILES string of the molecule is O=C(CN1C(=O)N[C@@]2(CCCc3ccccc32)C1=O)Nc1ccccc1I. The molecule has 4 rings (SSSR count). The van der Waals surface area contributed by atoms with Gasteiger partial charge in [-0.2, -0.15) is 0 Å². The molecule has 1 saturated heterocycles. The average Bonchev–Trinajstić information content (AvgIpc) is 2.89. The van der Waals surface area contributed by atoms with Gasteiger partial charge in [-0.15, -0.1) is 0 Å². The quantitative estimate of drug-likeness (QED) is 0.530. The van der Waals surface area contributed by atoms with Crippen molar-refractivity contribution in [2.45, 2.75) is 24.8 Å². The fourth-order valence-electron chi connectivity index (χ4n) is 3.85. The lowest BCUT2D eigenvalue weighted by Crippen LogP contribution is -2.47. The summed E-state index contributed by atoms with van der Waals surface area (Å²) in [6.45, 7) is -0.306. The lowest BCUT2D eigenvalue weighted by atomic mass is 9.76. The van der Waals surface area contributed by atoms with Crippen LogP contribution >= 0.6 is 22.6 Å². The van der Waals surface area contributed by atoms with E-state index in [1.807, 2.05) is 42.5 Å². The Bertz CT molecular complexity index is 946. The number of carbonyl (C=O) groups is 3. The number of urea groups is 1. The van der Waals surface area contributed by atoms with Gasteiger partial charge in [-0.05, 0) is 65.1 Å². The Morgan fingerprint density at radius 2 is 1.89 bits per heavy atom. The summed E-state index contributed by atoms with van der Waals surface area (Å²) >= 11 is 2.12. The zero-order valence-corrected chi connectivity index (χ0v) is 16.7. The Kier molecular flexibility index (Phi) is 4.63. The second kappa shape index (κ2) is 6.95. The van der Waals surface area contributed by atoms with E-state index in [0.29, 0.717) is 12.1 Å². The van der Waals surface area contributed by atoms with Crippen molar-refractivity contribution in [2.75, 3.05) is 11.9 Å². The zero-order valence-electron chi connectivity index (χ0n) is 14.5. The molecule has 2 aromatic carbocycles. The number of hydrogen-bond acceptors (Lipinski definition) is 3. The number of imide groups is 1. The molecular weight excluding hydrogens is 457 g/mol. The molecule has 0 radical (unpaired) electrons. The highest BCUT2D eigenvalue weighted by molar-refractivity contribution is 14.1. The first-order chi connectivity index (χ1) is 13.0. The van der Waals surface area contributed by atoms with Crippen LogP contribution in [0.5, 0.6) is 0 Å². The van der Waals surface area contributed by atoms with Gasteiger partial charge in [0.25, 0.3) is 5.91 Å². The predicted molar refractivity (Wildman–Crippen MR) is 109 cm³/mol. The van der Waals surface area contributed by atoms with E-state index >= 15 is 0 Å². The number of aryl methyl sites for hydroxylation is 1. The van der Waals surface area contributed by atoms with Crippen LogP contribution in [0, 0.1) is 3.57 Å². The van der Waals surface area contributed by atoms with Gasteiger partial charge in [-0.3, -0.25) is 14.5 Å². The Morgan fingerprint density at radius 3 is 2.70 bits per heavy atom. The number of rotatable bonds is 3. The lowest BCUT2D eigenvalue weighted by molar-refractivity contribution is -0.134.